The first kappa shape index (κ1) is 14.2. The molecular weight excluding hydrogens is 315 g/mol. The van der Waals surface area contributed by atoms with E-state index in [2.05, 4.69) is 21.2 Å². The molecular formula is C13H16BrFN2O2. The van der Waals surface area contributed by atoms with Crippen LogP contribution in [0.4, 0.5) is 15.8 Å². The van der Waals surface area contributed by atoms with E-state index in [0.717, 1.165) is 18.4 Å². The topological polar surface area (TPSA) is 55.2 Å². The van der Waals surface area contributed by atoms with Gasteiger partial charge in [0.15, 0.2) is 0 Å². The number of nitrogens with one attached hydrogen (secondary N) is 1. The number of anilines is 1. The summed E-state index contributed by atoms with van der Waals surface area (Å²) in [6.45, 7) is 0.684. The average molecular weight is 331 g/mol. The summed E-state index contributed by atoms with van der Waals surface area (Å²) in [5.74, 6) is 0.100. The molecule has 1 N–H and O–H groups in total. The minimum Gasteiger partial charge on any atom is -0.379 e. The van der Waals surface area contributed by atoms with Crippen LogP contribution in [0.5, 0.6) is 0 Å². The minimum atomic E-state index is -0.618. The first-order valence-electron chi connectivity index (χ1n) is 6.45. The number of nitro benzene ring substituents is 1. The lowest BCUT2D eigenvalue weighted by Crippen LogP contribution is -2.08. The fourth-order valence-corrected chi connectivity index (χ4v) is 2.88. The van der Waals surface area contributed by atoms with Crippen molar-refractivity contribution in [1.29, 1.82) is 0 Å². The second kappa shape index (κ2) is 6.32. The molecule has 1 aliphatic rings. The highest BCUT2D eigenvalue weighted by molar-refractivity contribution is 9.10. The number of rotatable bonds is 5. The van der Waals surface area contributed by atoms with Gasteiger partial charge in [0.25, 0.3) is 5.69 Å². The van der Waals surface area contributed by atoms with E-state index >= 15 is 0 Å². The molecule has 0 aliphatic heterocycles. The molecule has 0 aromatic heterocycles. The van der Waals surface area contributed by atoms with Crippen molar-refractivity contribution in [2.24, 2.45) is 5.92 Å². The van der Waals surface area contributed by atoms with Crippen LogP contribution in [-0.4, -0.2) is 11.5 Å². The van der Waals surface area contributed by atoms with Gasteiger partial charge in [-0.2, -0.15) is 0 Å². The molecule has 1 aliphatic carbocycles. The normalized spacial score (nSPS) is 15.7. The molecule has 0 spiro atoms. The summed E-state index contributed by atoms with van der Waals surface area (Å²) in [6.07, 6.45) is 6.07. The van der Waals surface area contributed by atoms with Gasteiger partial charge in [-0.3, -0.25) is 10.1 Å². The Balaban J connectivity index is 2.01. The largest absolute Gasteiger partial charge is 0.379 e. The maximum atomic E-state index is 13.3. The quantitative estimate of drug-likeness (QED) is 0.639. The standard InChI is InChI=1S/C13H16BrFN2O2/c14-10-7-12(13(17(18)19)8-11(10)15)16-6-5-9-3-1-2-4-9/h7-9,16H,1-6H2. The Hall–Kier alpha value is -1.17. The average Bonchev–Trinajstić information content (AvgIpc) is 2.86. The summed E-state index contributed by atoms with van der Waals surface area (Å²) >= 11 is 3.05. The van der Waals surface area contributed by atoms with E-state index < -0.39 is 10.7 Å². The summed E-state index contributed by atoms with van der Waals surface area (Å²) in [5.41, 5.74) is 0.156. The number of halogens is 2. The van der Waals surface area contributed by atoms with Gasteiger partial charge < -0.3 is 5.32 Å². The molecule has 1 saturated carbocycles. The van der Waals surface area contributed by atoms with E-state index in [4.69, 9.17) is 0 Å². The summed E-state index contributed by atoms with van der Waals surface area (Å²) in [7, 11) is 0. The lowest BCUT2D eigenvalue weighted by Gasteiger charge is -2.11. The van der Waals surface area contributed by atoms with E-state index in [9.17, 15) is 14.5 Å². The molecule has 0 unspecified atom stereocenters. The number of nitro groups is 1. The molecule has 0 saturated heterocycles. The minimum absolute atomic E-state index is 0.216. The predicted octanol–water partition coefficient (Wildman–Crippen LogP) is 4.49. The molecule has 0 bridgehead atoms. The van der Waals surface area contributed by atoms with Crippen LogP contribution in [0.15, 0.2) is 16.6 Å². The fourth-order valence-electron chi connectivity index (χ4n) is 2.54. The van der Waals surface area contributed by atoms with Crippen molar-refractivity contribution in [3.8, 4) is 0 Å². The van der Waals surface area contributed by atoms with Crippen molar-refractivity contribution in [2.45, 2.75) is 32.1 Å². The van der Waals surface area contributed by atoms with Crippen LogP contribution < -0.4 is 5.32 Å². The molecule has 4 nitrogen and oxygen atoms in total. The second-order valence-electron chi connectivity index (χ2n) is 4.91. The van der Waals surface area contributed by atoms with Crippen molar-refractivity contribution in [3.63, 3.8) is 0 Å². The fraction of sp³-hybridized carbons (Fsp3) is 0.538. The molecule has 1 aromatic rings. The molecule has 0 atom stereocenters. The SMILES string of the molecule is O=[N+]([O-])c1cc(F)c(Br)cc1NCCC1CCCC1. The first-order valence-corrected chi connectivity index (χ1v) is 7.24. The van der Waals surface area contributed by atoms with E-state index in [1.54, 1.807) is 0 Å². The number of nitrogens with zero attached hydrogens (tertiary/aromatic N) is 1. The number of hydrogen-bond acceptors (Lipinski definition) is 3. The van der Waals surface area contributed by atoms with Gasteiger partial charge in [0.2, 0.25) is 0 Å². The predicted molar refractivity (Wildman–Crippen MR) is 75.8 cm³/mol. The Bertz CT molecular complexity index is 476. The number of hydrogen-bond donors (Lipinski definition) is 1. The lowest BCUT2D eigenvalue weighted by molar-refractivity contribution is -0.384. The van der Waals surface area contributed by atoms with Crippen molar-refractivity contribution in [2.75, 3.05) is 11.9 Å². The maximum Gasteiger partial charge on any atom is 0.295 e. The van der Waals surface area contributed by atoms with Gasteiger partial charge in [0.05, 0.1) is 15.5 Å². The van der Waals surface area contributed by atoms with Crippen LogP contribution in [0.2, 0.25) is 0 Å². The zero-order chi connectivity index (χ0) is 13.8. The third-order valence-electron chi connectivity index (χ3n) is 3.58. The maximum absolute atomic E-state index is 13.3. The summed E-state index contributed by atoms with van der Waals surface area (Å²) in [4.78, 5) is 10.3. The molecule has 0 amide bonds. The molecule has 1 fully saturated rings. The van der Waals surface area contributed by atoms with Crippen LogP contribution >= 0.6 is 15.9 Å². The molecule has 0 radical (unpaired) electrons. The number of benzene rings is 1. The van der Waals surface area contributed by atoms with Crippen molar-refractivity contribution < 1.29 is 9.31 Å². The highest BCUT2D eigenvalue weighted by atomic mass is 79.9. The molecule has 0 heterocycles. The first-order chi connectivity index (χ1) is 9.08. The van der Waals surface area contributed by atoms with Crippen LogP contribution in [-0.2, 0) is 0 Å². The molecule has 2 rings (SSSR count). The van der Waals surface area contributed by atoms with E-state index in [1.807, 2.05) is 0 Å². The summed E-state index contributed by atoms with van der Waals surface area (Å²) in [6, 6.07) is 2.38. The van der Waals surface area contributed by atoms with Gasteiger partial charge in [-0.1, -0.05) is 25.7 Å². The third kappa shape index (κ3) is 3.65. The van der Waals surface area contributed by atoms with Crippen molar-refractivity contribution >= 4 is 27.3 Å². The molecule has 19 heavy (non-hydrogen) atoms. The zero-order valence-electron chi connectivity index (χ0n) is 10.5. The smallest absolute Gasteiger partial charge is 0.295 e. The van der Waals surface area contributed by atoms with E-state index in [-0.39, 0.29) is 10.2 Å². The Labute approximate surface area is 119 Å². The Kier molecular flexibility index (Phi) is 4.74. The zero-order valence-corrected chi connectivity index (χ0v) is 12.1. The monoisotopic (exact) mass is 330 g/mol. The van der Waals surface area contributed by atoms with Gasteiger partial charge in [0.1, 0.15) is 11.5 Å². The van der Waals surface area contributed by atoms with Gasteiger partial charge in [-0.25, -0.2) is 4.39 Å². The van der Waals surface area contributed by atoms with E-state index in [0.29, 0.717) is 12.2 Å². The summed E-state index contributed by atoms with van der Waals surface area (Å²) < 4.78 is 13.5. The second-order valence-corrected chi connectivity index (χ2v) is 5.76. The lowest BCUT2D eigenvalue weighted by atomic mass is 10.0. The van der Waals surface area contributed by atoms with Crippen LogP contribution in [0.25, 0.3) is 0 Å². The van der Waals surface area contributed by atoms with Gasteiger partial charge in [0, 0.05) is 6.54 Å². The Morgan fingerprint density at radius 1 is 1.42 bits per heavy atom. The summed E-state index contributed by atoms with van der Waals surface area (Å²) in [5, 5.41) is 13.9. The van der Waals surface area contributed by atoms with Crippen LogP contribution in [0.3, 0.4) is 0 Å². The Morgan fingerprint density at radius 2 is 2.11 bits per heavy atom. The molecule has 1 aromatic carbocycles. The molecule has 104 valence electrons. The highest BCUT2D eigenvalue weighted by Crippen LogP contribution is 2.31. The van der Waals surface area contributed by atoms with Crippen LogP contribution in [0, 0.1) is 21.8 Å². The molecule has 6 heteroatoms. The Morgan fingerprint density at radius 3 is 2.74 bits per heavy atom. The van der Waals surface area contributed by atoms with Gasteiger partial charge in [-0.05, 0) is 34.3 Å². The third-order valence-corrected chi connectivity index (χ3v) is 4.19. The van der Waals surface area contributed by atoms with Gasteiger partial charge in [-0.15, -0.1) is 0 Å². The van der Waals surface area contributed by atoms with Crippen LogP contribution in [0.1, 0.15) is 32.1 Å². The van der Waals surface area contributed by atoms with E-state index in [1.165, 1.54) is 31.7 Å². The van der Waals surface area contributed by atoms with Crippen molar-refractivity contribution in [3.05, 3.63) is 32.5 Å². The highest BCUT2D eigenvalue weighted by Gasteiger charge is 2.18. The van der Waals surface area contributed by atoms with Gasteiger partial charge >= 0.3 is 0 Å². The van der Waals surface area contributed by atoms with Crippen molar-refractivity contribution in [1.82, 2.24) is 0 Å².